The molecule has 0 aromatic carbocycles. The fourth-order valence-corrected chi connectivity index (χ4v) is 0.402. The van der Waals surface area contributed by atoms with Crippen molar-refractivity contribution in [3.8, 4) is 0 Å². The number of carbonyl (C=O) groups excluding carboxylic acids is 1. The maximum Gasteiger partial charge on any atom is 0.431 e. The van der Waals surface area contributed by atoms with Crippen molar-refractivity contribution in [3.63, 3.8) is 0 Å². The minimum Gasteiger partial charge on any atom is -0.394 e. The third-order valence-corrected chi connectivity index (χ3v) is 1.24. The van der Waals surface area contributed by atoms with Gasteiger partial charge in [0.2, 0.25) is 0 Å². The molecule has 11 heavy (non-hydrogen) atoms. The van der Waals surface area contributed by atoms with Crippen LogP contribution in [0.5, 0.6) is 0 Å². The highest BCUT2D eigenvalue weighted by Crippen LogP contribution is 2.23. The zero-order chi connectivity index (χ0) is 9.23. The van der Waals surface area contributed by atoms with E-state index in [1.165, 1.54) is 0 Å². The summed E-state index contributed by atoms with van der Waals surface area (Å²) < 4.78 is 35.2. The van der Waals surface area contributed by atoms with Crippen molar-refractivity contribution in [2.24, 2.45) is 5.73 Å². The van der Waals surface area contributed by atoms with Gasteiger partial charge in [-0.1, -0.05) is 0 Å². The second kappa shape index (κ2) is 2.94. The molecule has 2 N–H and O–H groups in total. The molecule has 0 bridgehead atoms. The molecule has 2 nitrogen and oxygen atoms in total. The average Bonchev–Trinajstić information content (AvgIpc) is 1.82. The molecule has 0 atom stereocenters. The molecule has 0 spiro atoms. The van der Waals surface area contributed by atoms with Crippen molar-refractivity contribution >= 4 is 5.78 Å². The molecule has 0 amide bonds. The minimum absolute atomic E-state index is 0.447. The Balaban J connectivity index is 4.82. The van der Waals surface area contributed by atoms with E-state index in [9.17, 15) is 18.0 Å². The number of allylic oxidation sites excluding steroid dienone is 2. The molecule has 0 aromatic heterocycles. The summed E-state index contributed by atoms with van der Waals surface area (Å²) in [6.07, 6.45) is -4.60. The van der Waals surface area contributed by atoms with Crippen LogP contribution in [0, 0.1) is 0 Å². The first-order valence-corrected chi connectivity index (χ1v) is 2.81. The molecule has 5 heteroatoms. The lowest BCUT2D eigenvalue weighted by Gasteiger charge is -2.08. The topological polar surface area (TPSA) is 43.1 Å². The highest BCUT2D eigenvalue weighted by molar-refractivity contribution is 5.93. The summed E-state index contributed by atoms with van der Waals surface area (Å²) in [6, 6.07) is 0. The second-order valence-corrected chi connectivity index (χ2v) is 2.09. The van der Waals surface area contributed by atoms with Crippen molar-refractivity contribution in [2.75, 3.05) is 0 Å². The van der Waals surface area contributed by atoms with Gasteiger partial charge < -0.3 is 5.73 Å². The van der Waals surface area contributed by atoms with E-state index < -0.39 is 23.2 Å². The summed E-state index contributed by atoms with van der Waals surface area (Å²) in [5, 5.41) is 0. The molecule has 0 unspecified atom stereocenters. The molecule has 0 radical (unpaired) electrons. The van der Waals surface area contributed by atoms with Crippen molar-refractivity contribution in [1.82, 2.24) is 0 Å². The van der Waals surface area contributed by atoms with Gasteiger partial charge in [-0.25, -0.2) is 0 Å². The number of rotatable bonds is 1. The van der Waals surface area contributed by atoms with Gasteiger partial charge in [0.15, 0.2) is 5.78 Å². The smallest absolute Gasteiger partial charge is 0.394 e. The standard InChI is InChI=1S/C6H8F3NO/c1-3(4(2)11)5(10)6(7,8)9/h10H2,1-2H3/b5-3-. The van der Waals surface area contributed by atoms with E-state index in [0.717, 1.165) is 13.8 Å². The van der Waals surface area contributed by atoms with Crippen molar-refractivity contribution in [3.05, 3.63) is 11.3 Å². The van der Waals surface area contributed by atoms with Crippen LogP contribution < -0.4 is 5.73 Å². The van der Waals surface area contributed by atoms with E-state index in [2.05, 4.69) is 5.73 Å². The molecule has 64 valence electrons. The van der Waals surface area contributed by atoms with E-state index in [-0.39, 0.29) is 0 Å². The molecule has 0 aliphatic carbocycles. The third-order valence-electron chi connectivity index (χ3n) is 1.24. The van der Waals surface area contributed by atoms with E-state index in [4.69, 9.17) is 0 Å². The monoisotopic (exact) mass is 167 g/mol. The van der Waals surface area contributed by atoms with Gasteiger partial charge in [0.1, 0.15) is 5.70 Å². The highest BCUT2D eigenvalue weighted by Gasteiger charge is 2.33. The fraction of sp³-hybridized carbons (Fsp3) is 0.500. The molecule has 0 fully saturated rings. The van der Waals surface area contributed by atoms with Crippen LogP contribution in [0.25, 0.3) is 0 Å². The van der Waals surface area contributed by atoms with Crippen LogP contribution in [0.15, 0.2) is 11.3 Å². The number of Topliss-reactive ketones (excluding diaryl/α,β-unsaturated/α-hetero) is 1. The largest absolute Gasteiger partial charge is 0.431 e. The van der Waals surface area contributed by atoms with E-state index >= 15 is 0 Å². The van der Waals surface area contributed by atoms with Gasteiger partial charge in [0.25, 0.3) is 0 Å². The lowest BCUT2D eigenvalue weighted by Crippen LogP contribution is -2.22. The first-order valence-electron chi connectivity index (χ1n) is 2.81. The predicted octanol–water partition coefficient (Wildman–Crippen LogP) is 1.37. The molecule has 0 aromatic rings. The number of alkyl halides is 3. The summed E-state index contributed by atoms with van der Waals surface area (Å²) >= 11 is 0. The van der Waals surface area contributed by atoms with Crippen LogP contribution >= 0.6 is 0 Å². The number of hydrogen-bond donors (Lipinski definition) is 1. The van der Waals surface area contributed by atoms with Gasteiger partial charge in [0, 0.05) is 5.57 Å². The van der Waals surface area contributed by atoms with E-state index in [1.807, 2.05) is 0 Å². The van der Waals surface area contributed by atoms with Crippen LogP contribution in [-0.4, -0.2) is 12.0 Å². The predicted molar refractivity (Wildman–Crippen MR) is 33.6 cm³/mol. The summed E-state index contributed by atoms with van der Waals surface area (Å²) in [4.78, 5) is 10.4. The van der Waals surface area contributed by atoms with Gasteiger partial charge in [-0.3, -0.25) is 4.79 Å². The Bertz CT molecular complexity index is 204. The Kier molecular flexibility index (Phi) is 2.67. The van der Waals surface area contributed by atoms with E-state index in [1.54, 1.807) is 0 Å². The third kappa shape index (κ3) is 2.61. The number of halogens is 3. The molecular weight excluding hydrogens is 159 g/mol. The minimum atomic E-state index is -4.60. The number of carbonyl (C=O) groups is 1. The van der Waals surface area contributed by atoms with Crippen molar-refractivity contribution < 1.29 is 18.0 Å². The van der Waals surface area contributed by atoms with Crippen LogP contribution in [0.3, 0.4) is 0 Å². The summed E-state index contributed by atoms with van der Waals surface area (Å²) in [7, 11) is 0. The fourth-order valence-electron chi connectivity index (χ4n) is 0.402. The summed E-state index contributed by atoms with van der Waals surface area (Å²) in [5.41, 5.74) is 2.87. The molecular formula is C6H8F3NO. The molecule has 0 rings (SSSR count). The van der Waals surface area contributed by atoms with Crippen LogP contribution in [-0.2, 0) is 4.79 Å². The quantitative estimate of drug-likeness (QED) is 0.599. The zero-order valence-corrected chi connectivity index (χ0v) is 6.12. The number of ketones is 1. The Hall–Kier alpha value is -1.00. The number of nitrogens with two attached hydrogens (primary N) is 1. The Morgan fingerprint density at radius 3 is 1.73 bits per heavy atom. The first kappa shape index (κ1) is 10.0. The molecule has 0 aliphatic rings. The van der Waals surface area contributed by atoms with Gasteiger partial charge >= 0.3 is 6.18 Å². The lowest BCUT2D eigenvalue weighted by molar-refractivity contribution is -0.115. The Labute approximate surface area is 61.9 Å². The first-order chi connectivity index (χ1) is 4.76. The zero-order valence-electron chi connectivity index (χ0n) is 6.12. The maximum absolute atomic E-state index is 11.7. The van der Waals surface area contributed by atoms with Crippen LogP contribution in [0.2, 0.25) is 0 Å². The highest BCUT2D eigenvalue weighted by atomic mass is 19.4. The lowest BCUT2D eigenvalue weighted by atomic mass is 10.1. The maximum atomic E-state index is 11.7. The molecule has 0 saturated carbocycles. The molecule has 0 heterocycles. The Morgan fingerprint density at radius 2 is 1.64 bits per heavy atom. The average molecular weight is 167 g/mol. The van der Waals surface area contributed by atoms with E-state index in [0.29, 0.717) is 0 Å². The SMILES string of the molecule is CC(=O)/C(C)=C(\N)C(F)(F)F. The molecule has 0 aliphatic heterocycles. The van der Waals surface area contributed by atoms with Crippen LogP contribution in [0.4, 0.5) is 13.2 Å². The van der Waals surface area contributed by atoms with Crippen LogP contribution in [0.1, 0.15) is 13.8 Å². The normalized spacial score (nSPS) is 14.3. The van der Waals surface area contributed by atoms with Gasteiger partial charge in [0.05, 0.1) is 0 Å². The number of hydrogen-bond acceptors (Lipinski definition) is 2. The van der Waals surface area contributed by atoms with Crippen molar-refractivity contribution in [2.45, 2.75) is 20.0 Å². The Morgan fingerprint density at radius 1 is 1.27 bits per heavy atom. The summed E-state index contributed by atoms with van der Waals surface area (Å²) in [5.74, 6) is -0.667. The summed E-state index contributed by atoms with van der Waals surface area (Å²) in [6.45, 7) is 2.08. The van der Waals surface area contributed by atoms with Gasteiger partial charge in [-0.2, -0.15) is 13.2 Å². The van der Waals surface area contributed by atoms with Gasteiger partial charge in [-0.05, 0) is 13.8 Å². The van der Waals surface area contributed by atoms with Crippen molar-refractivity contribution in [1.29, 1.82) is 0 Å². The van der Waals surface area contributed by atoms with Gasteiger partial charge in [-0.15, -0.1) is 0 Å². The second-order valence-electron chi connectivity index (χ2n) is 2.09. The molecule has 0 saturated heterocycles.